The molecule has 9 heteroatoms. The van der Waals surface area contributed by atoms with Gasteiger partial charge >= 0.3 is 12.1 Å². The second-order valence-electron chi connectivity index (χ2n) is 14.1. The molecule has 7 aliphatic rings. The lowest BCUT2D eigenvalue weighted by Crippen LogP contribution is -2.71. The van der Waals surface area contributed by atoms with E-state index >= 15 is 8.78 Å². The predicted octanol–water partition coefficient (Wildman–Crippen LogP) is 4.72. The molecular formula is C30H36F2O7. The molecule has 0 aromatic heterocycles. The zero-order chi connectivity index (χ0) is 27.9. The molecule has 212 valence electrons. The van der Waals surface area contributed by atoms with Gasteiger partial charge in [0.25, 0.3) is 0 Å². The van der Waals surface area contributed by atoms with E-state index in [0.29, 0.717) is 17.3 Å². The van der Waals surface area contributed by atoms with Gasteiger partial charge in [-0.15, -0.1) is 0 Å². The number of ether oxygens (including phenoxy) is 2. The Labute approximate surface area is 226 Å². The van der Waals surface area contributed by atoms with E-state index < -0.39 is 70.0 Å². The Morgan fingerprint density at radius 1 is 1.08 bits per heavy atom. The molecule has 0 aliphatic heterocycles. The number of hydrogen-bond acceptors (Lipinski definition) is 6. The van der Waals surface area contributed by atoms with Crippen molar-refractivity contribution >= 4 is 17.9 Å². The van der Waals surface area contributed by atoms with Gasteiger partial charge in [-0.25, -0.2) is 18.4 Å². The van der Waals surface area contributed by atoms with Gasteiger partial charge in [-0.1, -0.05) is 19.9 Å². The number of aliphatic carboxylic acids is 1. The van der Waals surface area contributed by atoms with E-state index in [1.165, 1.54) is 25.5 Å². The molecule has 2 N–H and O–H groups in total. The van der Waals surface area contributed by atoms with Crippen LogP contribution in [0.5, 0.6) is 0 Å². The van der Waals surface area contributed by atoms with Gasteiger partial charge in [0.1, 0.15) is 12.3 Å². The Morgan fingerprint density at radius 3 is 2.49 bits per heavy atom. The normalized spacial score (nSPS) is 56.2. The van der Waals surface area contributed by atoms with Crippen LogP contribution in [-0.4, -0.2) is 57.8 Å². The van der Waals surface area contributed by atoms with Crippen molar-refractivity contribution in [1.29, 1.82) is 0 Å². The summed E-state index contributed by atoms with van der Waals surface area (Å²) in [5.74, 6) is -3.27. The van der Waals surface area contributed by atoms with Gasteiger partial charge in [0.05, 0.1) is 6.10 Å². The maximum Gasteiger partial charge on any atom is 0.509 e. The molecule has 0 bridgehead atoms. The van der Waals surface area contributed by atoms with Crippen LogP contribution in [0.25, 0.3) is 0 Å². The van der Waals surface area contributed by atoms with Crippen molar-refractivity contribution in [3.8, 4) is 0 Å². The number of aliphatic hydroxyl groups excluding tert-OH is 1. The summed E-state index contributed by atoms with van der Waals surface area (Å²) < 4.78 is 44.5. The molecule has 0 heterocycles. The van der Waals surface area contributed by atoms with E-state index in [2.05, 4.69) is 0 Å². The Balaban J connectivity index is 1.22. The summed E-state index contributed by atoms with van der Waals surface area (Å²) in [7, 11) is 0. The number of carbonyl (C=O) groups excluding carboxylic acids is 2. The second kappa shape index (κ2) is 7.51. The zero-order valence-electron chi connectivity index (χ0n) is 22.5. The molecule has 13 atom stereocenters. The summed E-state index contributed by atoms with van der Waals surface area (Å²) in [5, 5.41) is 22.1. The van der Waals surface area contributed by atoms with Crippen molar-refractivity contribution in [2.24, 2.45) is 45.8 Å². The van der Waals surface area contributed by atoms with Gasteiger partial charge < -0.3 is 19.7 Å². The highest BCUT2D eigenvalue weighted by atomic mass is 19.1. The Hall–Kier alpha value is -2.29. The van der Waals surface area contributed by atoms with Crippen molar-refractivity contribution < 1.29 is 42.9 Å². The maximum atomic E-state index is 17.4. The number of fused-ring (bicyclic) bond motifs is 5. The fourth-order valence-corrected chi connectivity index (χ4v) is 10.9. The highest BCUT2D eigenvalue weighted by molar-refractivity contribution is 6.01. The molecule has 6 fully saturated rings. The first kappa shape index (κ1) is 25.7. The minimum Gasteiger partial charge on any atom is -0.478 e. The van der Waals surface area contributed by atoms with E-state index in [9.17, 15) is 24.6 Å². The lowest BCUT2D eigenvalue weighted by molar-refractivity contribution is -0.233. The zero-order valence-corrected chi connectivity index (χ0v) is 22.5. The van der Waals surface area contributed by atoms with Gasteiger partial charge in [-0.2, -0.15) is 0 Å². The third-order valence-electron chi connectivity index (χ3n) is 12.9. The van der Waals surface area contributed by atoms with Crippen LogP contribution in [0.2, 0.25) is 0 Å². The summed E-state index contributed by atoms with van der Waals surface area (Å²) in [4.78, 5) is 38.2. The highest BCUT2D eigenvalue weighted by Crippen LogP contribution is 2.77. The van der Waals surface area contributed by atoms with E-state index in [1.54, 1.807) is 13.8 Å². The smallest absolute Gasteiger partial charge is 0.478 e. The molecule has 1 unspecified atom stereocenters. The van der Waals surface area contributed by atoms with Gasteiger partial charge in [-0.05, 0) is 86.8 Å². The number of carboxylic acid groups (broad SMARTS) is 1. The summed E-state index contributed by atoms with van der Waals surface area (Å²) in [5.41, 5.74) is -7.04. The monoisotopic (exact) mass is 546 g/mol. The topological polar surface area (TPSA) is 110 Å². The van der Waals surface area contributed by atoms with Crippen molar-refractivity contribution in [2.75, 3.05) is 0 Å². The molecule has 7 aliphatic carbocycles. The molecule has 0 aromatic carbocycles. The summed E-state index contributed by atoms with van der Waals surface area (Å²) in [6.07, 6.45) is 2.71. The molecular weight excluding hydrogens is 510 g/mol. The summed E-state index contributed by atoms with van der Waals surface area (Å²) >= 11 is 0. The first-order valence-electron chi connectivity index (χ1n) is 14.3. The standard InChI is InChI=1S/C30H36F2O7/c1-14-8-18-19-10-21(31)20-9-16(33)6-7-26(20,2)29(19,32)23(34)13-27(18,3)30(14,24(35)36)39-25(37)38-22-12-28-11-15(28)4-5-17(22)28/h6-7,9,14-15,17-19,21-23,34H,4-5,8,10-13H2,1-3H3,(H,35,36)/t14-,15-,17-,18+,19+,21+,22-,23+,26+,27+,28?,29+,30+/m1/s1. The molecule has 0 amide bonds. The van der Waals surface area contributed by atoms with Crippen LogP contribution in [0, 0.1) is 45.8 Å². The van der Waals surface area contributed by atoms with Crippen molar-refractivity contribution in [2.45, 2.75) is 95.4 Å². The van der Waals surface area contributed by atoms with E-state index in [0.717, 1.165) is 25.3 Å². The minimum atomic E-state index is -2.33. The predicted molar refractivity (Wildman–Crippen MR) is 133 cm³/mol. The van der Waals surface area contributed by atoms with Crippen LogP contribution in [0.15, 0.2) is 23.8 Å². The molecule has 7 rings (SSSR count). The van der Waals surface area contributed by atoms with Crippen LogP contribution in [0.4, 0.5) is 13.6 Å². The first-order chi connectivity index (χ1) is 18.2. The van der Waals surface area contributed by atoms with Gasteiger partial charge in [-0.3, -0.25) is 4.79 Å². The lowest BCUT2D eigenvalue weighted by Gasteiger charge is -2.62. The number of allylic oxidation sites excluding steroid dienone is 4. The minimum absolute atomic E-state index is 0.00913. The average molecular weight is 547 g/mol. The highest BCUT2D eigenvalue weighted by Gasteiger charge is 2.79. The van der Waals surface area contributed by atoms with Crippen molar-refractivity contribution in [3.05, 3.63) is 23.8 Å². The molecule has 0 aromatic rings. The number of carbonyl (C=O) groups is 3. The summed E-state index contributed by atoms with van der Waals surface area (Å²) in [6, 6.07) is 0. The van der Waals surface area contributed by atoms with E-state index in [-0.39, 0.29) is 30.9 Å². The van der Waals surface area contributed by atoms with E-state index in [1.807, 2.05) is 0 Å². The van der Waals surface area contributed by atoms with Crippen LogP contribution >= 0.6 is 0 Å². The number of hydrogen-bond donors (Lipinski definition) is 2. The molecule has 7 nitrogen and oxygen atoms in total. The lowest BCUT2D eigenvalue weighted by atomic mass is 9.44. The molecule has 6 saturated carbocycles. The van der Waals surface area contributed by atoms with Crippen LogP contribution in [-0.2, 0) is 19.1 Å². The van der Waals surface area contributed by atoms with Crippen LogP contribution < -0.4 is 0 Å². The average Bonchev–Trinajstić information content (AvgIpc) is 3.45. The van der Waals surface area contributed by atoms with Crippen molar-refractivity contribution in [3.63, 3.8) is 0 Å². The van der Waals surface area contributed by atoms with Gasteiger partial charge in [0.15, 0.2) is 11.5 Å². The number of aliphatic hydroxyl groups is 1. The summed E-state index contributed by atoms with van der Waals surface area (Å²) in [6.45, 7) is 4.78. The Bertz CT molecular complexity index is 1250. The van der Waals surface area contributed by atoms with Crippen LogP contribution in [0.3, 0.4) is 0 Å². The Kier molecular flexibility index (Phi) is 4.94. The van der Waals surface area contributed by atoms with Crippen molar-refractivity contribution in [1.82, 2.24) is 0 Å². The number of ketones is 1. The largest absolute Gasteiger partial charge is 0.509 e. The molecule has 0 radical (unpaired) electrons. The van der Waals surface area contributed by atoms with Gasteiger partial charge in [0.2, 0.25) is 5.60 Å². The third kappa shape index (κ3) is 2.78. The quantitative estimate of drug-likeness (QED) is 0.493. The van der Waals surface area contributed by atoms with Gasteiger partial charge in [0, 0.05) is 28.6 Å². The third-order valence-corrected chi connectivity index (χ3v) is 12.9. The fraction of sp³-hybridized carbons (Fsp3) is 0.767. The first-order valence-corrected chi connectivity index (χ1v) is 14.3. The molecule has 0 saturated heterocycles. The second-order valence-corrected chi connectivity index (χ2v) is 14.1. The fourth-order valence-electron chi connectivity index (χ4n) is 10.9. The maximum absolute atomic E-state index is 17.4. The number of alkyl halides is 2. The number of halogens is 2. The Morgan fingerprint density at radius 2 is 1.82 bits per heavy atom. The number of carboxylic acids is 1. The molecule has 39 heavy (non-hydrogen) atoms. The molecule has 1 spiro atoms. The SMILES string of the molecule is C[C@@H]1C[C@H]2[C@@H]3C[C@H](F)C4=CC(=O)C=C[C@]4(C)[C@@]3(F)[C@@H](O)C[C@]2(C)[C@@]1(OC(=O)O[C@@H]1CC23C[C@H]2CC[C@H]13)C(=O)O. The number of rotatable bonds is 3. The van der Waals surface area contributed by atoms with Crippen LogP contribution in [0.1, 0.15) is 65.7 Å². The van der Waals surface area contributed by atoms with E-state index in [4.69, 9.17) is 9.47 Å².